The van der Waals surface area contributed by atoms with Gasteiger partial charge in [0.25, 0.3) is 0 Å². The number of aromatic nitrogens is 3. The Bertz CT molecular complexity index is 1270. The number of halogens is 2. The molecule has 204 valence electrons. The van der Waals surface area contributed by atoms with Crippen LogP contribution in [0, 0.1) is 0 Å². The molecule has 0 spiro atoms. The van der Waals surface area contributed by atoms with Crippen molar-refractivity contribution in [3.05, 3.63) is 40.5 Å². The Kier molecular flexibility index (Phi) is 9.20. The van der Waals surface area contributed by atoms with E-state index in [0.29, 0.717) is 38.2 Å². The van der Waals surface area contributed by atoms with Gasteiger partial charge in [-0.05, 0) is 59.0 Å². The van der Waals surface area contributed by atoms with E-state index in [4.69, 9.17) is 28.2 Å². The molecule has 0 bridgehead atoms. The SMILES string of the molecule is CN1CCN(CCCNc2ncc3cc(-c4c(Cl)cccc4Cl)c(NC(=O)N(S)C(C)(C)C)nc3n2)CC1. The number of urea groups is 1. The Labute approximate surface area is 239 Å². The van der Waals surface area contributed by atoms with Crippen LogP contribution in [0.25, 0.3) is 22.2 Å². The van der Waals surface area contributed by atoms with Crippen LogP contribution in [0.5, 0.6) is 0 Å². The summed E-state index contributed by atoms with van der Waals surface area (Å²) in [5, 5.41) is 7.73. The summed E-state index contributed by atoms with van der Waals surface area (Å²) in [5.41, 5.74) is 1.04. The summed E-state index contributed by atoms with van der Waals surface area (Å²) in [6.07, 6.45) is 2.69. The number of rotatable bonds is 7. The lowest BCUT2D eigenvalue weighted by Gasteiger charge is -2.32. The monoisotopic (exact) mass is 576 g/mol. The van der Waals surface area contributed by atoms with E-state index in [1.807, 2.05) is 26.8 Å². The van der Waals surface area contributed by atoms with Crippen LogP contribution in [0.2, 0.25) is 10.0 Å². The third-order valence-electron chi connectivity index (χ3n) is 6.38. The number of hydrogen-bond donors (Lipinski definition) is 3. The van der Waals surface area contributed by atoms with Crippen molar-refractivity contribution in [2.75, 3.05) is 56.9 Å². The molecule has 0 radical (unpaired) electrons. The van der Waals surface area contributed by atoms with E-state index in [1.165, 1.54) is 4.31 Å². The molecule has 3 aromatic rings. The maximum absolute atomic E-state index is 13.0. The van der Waals surface area contributed by atoms with Gasteiger partial charge in [0.1, 0.15) is 5.82 Å². The van der Waals surface area contributed by atoms with Gasteiger partial charge >= 0.3 is 6.03 Å². The highest BCUT2D eigenvalue weighted by Crippen LogP contribution is 2.39. The number of nitrogens with one attached hydrogen (secondary N) is 2. The van der Waals surface area contributed by atoms with Crippen molar-refractivity contribution < 1.29 is 4.79 Å². The number of piperazine rings is 1. The minimum atomic E-state index is -0.518. The number of thiol groups is 1. The summed E-state index contributed by atoms with van der Waals surface area (Å²) < 4.78 is 1.31. The van der Waals surface area contributed by atoms with Gasteiger partial charge in [-0.2, -0.15) is 4.98 Å². The highest BCUT2D eigenvalue weighted by Gasteiger charge is 2.26. The summed E-state index contributed by atoms with van der Waals surface area (Å²) in [6, 6.07) is 6.64. The number of nitrogens with zero attached hydrogens (tertiary/aromatic N) is 6. The van der Waals surface area contributed by atoms with Gasteiger partial charge < -0.3 is 15.1 Å². The standard InChI is InChI=1S/C26H34Cl2N8OS/c1-26(2,3)36(38)25(37)33-23-18(21-19(27)7-5-8-20(21)28)15-17-16-30-24(32-22(17)31-23)29-9-6-10-35-13-11-34(4)12-14-35/h5,7-8,15-16,38H,6,9-14H2,1-4H3,(H2,29,30,31,32,33,37). The summed E-state index contributed by atoms with van der Waals surface area (Å²) in [7, 11) is 2.16. The molecule has 1 aliphatic rings. The molecule has 0 saturated carbocycles. The lowest BCUT2D eigenvalue weighted by Crippen LogP contribution is -2.44. The molecule has 38 heavy (non-hydrogen) atoms. The van der Waals surface area contributed by atoms with Gasteiger partial charge in [0.05, 0.1) is 10.0 Å². The second-order valence-corrected chi connectivity index (χ2v) is 11.6. The maximum atomic E-state index is 13.0. The van der Waals surface area contributed by atoms with Gasteiger partial charge in [-0.3, -0.25) is 9.62 Å². The Hall–Kier alpha value is -2.37. The molecule has 3 heterocycles. The first-order chi connectivity index (χ1) is 18.0. The van der Waals surface area contributed by atoms with Gasteiger partial charge in [-0.1, -0.05) is 42.1 Å². The molecular weight excluding hydrogens is 543 g/mol. The lowest BCUT2D eigenvalue weighted by atomic mass is 10.0. The van der Waals surface area contributed by atoms with Crippen LogP contribution in [0.3, 0.4) is 0 Å². The predicted octanol–water partition coefficient (Wildman–Crippen LogP) is 5.53. The van der Waals surface area contributed by atoms with E-state index in [9.17, 15) is 4.79 Å². The molecule has 9 nitrogen and oxygen atoms in total. The Morgan fingerprint density at radius 3 is 2.47 bits per heavy atom. The first kappa shape index (κ1) is 28.6. The zero-order valence-electron chi connectivity index (χ0n) is 22.1. The van der Waals surface area contributed by atoms with Crippen LogP contribution in [0.15, 0.2) is 30.5 Å². The van der Waals surface area contributed by atoms with Gasteiger partial charge in [-0.15, -0.1) is 0 Å². The summed E-state index contributed by atoms with van der Waals surface area (Å²) >= 11 is 17.4. The number of pyridine rings is 1. The number of anilines is 2. The predicted molar refractivity (Wildman–Crippen MR) is 159 cm³/mol. The lowest BCUT2D eigenvalue weighted by molar-refractivity contribution is 0.154. The first-order valence-electron chi connectivity index (χ1n) is 12.6. The normalized spacial score (nSPS) is 15.0. The Morgan fingerprint density at radius 1 is 1.13 bits per heavy atom. The number of benzene rings is 1. The van der Waals surface area contributed by atoms with E-state index in [0.717, 1.165) is 45.7 Å². The zero-order chi connectivity index (χ0) is 27.4. The third-order valence-corrected chi connectivity index (χ3v) is 7.80. The summed E-state index contributed by atoms with van der Waals surface area (Å²) in [6.45, 7) is 11.8. The topological polar surface area (TPSA) is 89.5 Å². The molecule has 2 amide bonds. The minimum Gasteiger partial charge on any atom is -0.354 e. The van der Waals surface area contributed by atoms with Crippen molar-refractivity contribution in [1.29, 1.82) is 0 Å². The van der Waals surface area contributed by atoms with Gasteiger partial charge in [0, 0.05) is 61.0 Å². The van der Waals surface area contributed by atoms with E-state index in [2.05, 4.69) is 50.3 Å². The fourth-order valence-electron chi connectivity index (χ4n) is 4.12. The fourth-order valence-corrected chi connectivity index (χ4v) is 4.77. The molecule has 12 heteroatoms. The van der Waals surface area contributed by atoms with Crippen LogP contribution >= 0.6 is 36.0 Å². The van der Waals surface area contributed by atoms with E-state index >= 15 is 0 Å². The minimum absolute atomic E-state index is 0.278. The zero-order valence-corrected chi connectivity index (χ0v) is 24.5. The number of fused-ring (bicyclic) bond motifs is 1. The Morgan fingerprint density at radius 2 is 1.82 bits per heavy atom. The van der Waals surface area contributed by atoms with E-state index < -0.39 is 11.6 Å². The number of carbonyl (C=O) groups is 1. The molecule has 2 aromatic heterocycles. The molecule has 1 fully saturated rings. The van der Waals surface area contributed by atoms with E-state index in [1.54, 1.807) is 24.4 Å². The van der Waals surface area contributed by atoms with E-state index in [-0.39, 0.29) is 5.82 Å². The summed E-state index contributed by atoms with van der Waals surface area (Å²) in [4.78, 5) is 31.6. The van der Waals surface area contributed by atoms with Gasteiger partial charge in [0.15, 0.2) is 5.65 Å². The van der Waals surface area contributed by atoms with Crippen LogP contribution in [-0.2, 0) is 0 Å². The van der Waals surface area contributed by atoms with Crippen molar-refractivity contribution in [3.8, 4) is 11.1 Å². The molecular formula is C26H34Cl2N8OS. The van der Waals surface area contributed by atoms with Gasteiger partial charge in [-0.25, -0.2) is 14.8 Å². The van der Waals surface area contributed by atoms with Crippen molar-refractivity contribution in [3.63, 3.8) is 0 Å². The highest BCUT2D eigenvalue weighted by molar-refractivity contribution is 7.78. The molecule has 2 N–H and O–H groups in total. The fraction of sp³-hybridized carbons (Fsp3) is 0.462. The smallest absolute Gasteiger partial charge is 0.333 e. The molecule has 1 aliphatic heterocycles. The highest BCUT2D eigenvalue weighted by atomic mass is 35.5. The van der Waals surface area contributed by atoms with Crippen molar-refractivity contribution in [2.45, 2.75) is 32.7 Å². The van der Waals surface area contributed by atoms with Crippen LogP contribution < -0.4 is 10.6 Å². The van der Waals surface area contributed by atoms with Crippen molar-refractivity contribution in [2.24, 2.45) is 0 Å². The average Bonchev–Trinajstić information content (AvgIpc) is 2.86. The van der Waals surface area contributed by atoms with Crippen LogP contribution in [0.4, 0.5) is 16.6 Å². The number of hydrogen-bond acceptors (Lipinski definition) is 8. The van der Waals surface area contributed by atoms with Crippen molar-refractivity contribution in [1.82, 2.24) is 29.1 Å². The average molecular weight is 578 g/mol. The number of amides is 2. The third kappa shape index (κ3) is 6.98. The quantitative estimate of drug-likeness (QED) is 0.252. The van der Waals surface area contributed by atoms with Crippen LogP contribution in [-0.4, -0.2) is 86.9 Å². The van der Waals surface area contributed by atoms with Crippen LogP contribution in [0.1, 0.15) is 27.2 Å². The Balaban J connectivity index is 1.58. The molecule has 1 aromatic carbocycles. The largest absolute Gasteiger partial charge is 0.354 e. The van der Waals surface area contributed by atoms with Gasteiger partial charge in [0.2, 0.25) is 5.95 Å². The second kappa shape index (κ2) is 12.2. The summed E-state index contributed by atoms with van der Waals surface area (Å²) in [5.74, 6) is 0.759. The van der Waals surface area contributed by atoms with Crippen molar-refractivity contribution >= 4 is 64.8 Å². The number of carbonyl (C=O) groups excluding carboxylic acids is 1. The molecule has 4 rings (SSSR count). The maximum Gasteiger partial charge on any atom is 0.333 e. The molecule has 0 atom stereocenters. The molecule has 1 saturated heterocycles. The second-order valence-electron chi connectivity index (χ2n) is 10.4. The number of likely N-dealkylation sites (N-methyl/N-ethyl adjacent to an activating group) is 1. The first-order valence-corrected chi connectivity index (χ1v) is 13.8. The molecule has 0 unspecified atom stereocenters. The molecule has 0 aliphatic carbocycles.